The second kappa shape index (κ2) is 6.78. The fourth-order valence-corrected chi connectivity index (χ4v) is 4.17. The molecule has 1 aromatic heterocycles. The van der Waals surface area contributed by atoms with Crippen molar-refractivity contribution in [2.24, 2.45) is 11.8 Å². The molecular formula is C20H20N2O4. The Kier molecular flexibility index (Phi) is 4.32. The summed E-state index contributed by atoms with van der Waals surface area (Å²) in [4.78, 5) is 30.3. The molecule has 1 aliphatic carbocycles. The lowest BCUT2D eigenvalue weighted by Crippen LogP contribution is -2.43. The lowest BCUT2D eigenvalue weighted by Gasteiger charge is -2.24. The number of nitrogens with zero attached hydrogens (tertiary/aromatic N) is 2. The lowest BCUT2D eigenvalue weighted by atomic mass is 9.94. The largest absolute Gasteiger partial charge is 0.480 e. The molecule has 1 aromatic carbocycles. The van der Waals surface area contributed by atoms with Gasteiger partial charge in [-0.05, 0) is 42.9 Å². The first-order valence-electron chi connectivity index (χ1n) is 8.86. The van der Waals surface area contributed by atoms with Gasteiger partial charge in [-0.2, -0.15) is 0 Å². The van der Waals surface area contributed by atoms with Crippen molar-refractivity contribution in [3.05, 3.63) is 54.2 Å². The van der Waals surface area contributed by atoms with Crippen LogP contribution in [0, 0.1) is 11.8 Å². The Morgan fingerprint density at radius 1 is 1.12 bits per heavy atom. The number of pyridine rings is 1. The molecule has 2 aliphatic rings. The molecular weight excluding hydrogens is 332 g/mol. The molecule has 0 radical (unpaired) electrons. The number of aromatic nitrogens is 1. The van der Waals surface area contributed by atoms with Crippen LogP contribution in [0.4, 0.5) is 0 Å². The van der Waals surface area contributed by atoms with Crippen LogP contribution in [-0.4, -0.2) is 39.5 Å². The van der Waals surface area contributed by atoms with Crippen molar-refractivity contribution in [2.75, 3.05) is 6.54 Å². The highest BCUT2D eigenvalue weighted by Crippen LogP contribution is 2.42. The molecule has 134 valence electrons. The van der Waals surface area contributed by atoms with E-state index in [2.05, 4.69) is 4.98 Å². The summed E-state index contributed by atoms with van der Waals surface area (Å²) in [6.45, 7) is 0.517. The standard InChI is InChI=1S/C20H20N2O4/c23-19(22-12-14-5-4-8-16(14)18(22)20(24)25)13-9-10-17(21-11-13)26-15-6-2-1-3-7-15/h1-3,6-7,9-11,14,16,18H,4-5,8,12H2,(H,24,25). The molecule has 4 rings (SSSR count). The number of carboxylic acids is 1. The van der Waals surface area contributed by atoms with E-state index in [9.17, 15) is 14.7 Å². The topological polar surface area (TPSA) is 79.7 Å². The van der Waals surface area contributed by atoms with Gasteiger partial charge in [-0.15, -0.1) is 0 Å². The molecule has 2 fully saturated rings. The summed E-state index contributed by atoms with van der Waals surface area (Å²) in [6.07, 6.45) is 4.38. The Balaban J connectivity index is 1.50. The average Bonchev–Trinajstić information content (AvgIpc) is 3.23. The van der Waals surface area contributed by atoms with Crippen LogP contribution in [0.25, 0.3) is 0 Å². The van der Waals surface area contributed by atoms with Crippen molar-refractivity contribution >= 4 is 11.9 Å². The molecule has 2 heterocycles. The van der Waals surface area contributed by atoms with E-state index in [4.69, 9.17) is 4.74 Å². The lowest BCUT2D eigenvalue weighted by molar-refractivity contribution is -0.142. The summed E-state index contributed by atoms with van der Waals surface area (Å²) >= 11 is 0. The monoisotopic (exact) mass is 352 g/mol. The van der Waals surface area contributed by atoms with Crippen molar-refractivity contribution < 1.29 is 19.4 Å². The number of amides is 1. The van der Waals surface area contributed by atoms with Gasteiger partial charge < -0.3 is 14.7 Å². The van der Waals surface area contributed by atoms with E-state index in [0.717, 1.165) is 19.3 Å². The molecule has 1 N–H and O–H groups in total. The molecule has 0 bridgehead atoms. The molecule has 1 saturated carbocycles. The van der Waals surface area contributed by atoms with Gasteiger partial charge in [0.05, 0.1) is 5.56 Å². The second-order valence-electron chi connectivity index (χ2n) is 6.90. The van der Waals surface area contributed by atoms with Gasteiger partial charge in [-0.25, -0.2) is 9.78 Å². The van der Waals surface area contributed by atoms with Gasteiger partial charge in [-0.3, -0.25) is 4.79 Å². The van der Waals surface area contributed by atoms with Crippen LogP contribution in [-0.2, 0) is 4.79 Å². The zero-order valence-corrected chi connectivity index (χ0v) is 14.2. The van der Waals surface area contributed by atoms with Crippen molar-refractivity contribution in [3.8, 4) is 11.6 Å². The Bertz CT molecular complexity index is 806. The number of hydrogen-bond donors (Lipinski definition) is 1. The quantitative estimate of drug-likeness (QED) is 0.914. The fraction of sp³-hybridized carbons (Fsp3) is 0.350. The third kappa shape index (κ3) is 3.03. The molecule has 0 spiro atoms. The Morgan fingerprint density at radius 2 is 1.92 bits per heavy atom. The fourth-order valence-electron chi connectivity index (χ4n) is 4.17. The highest BCUT2D eigenvalue weighted by molar-refractivity contribution is 5.97. The van der Waals surface area contributed by atoms with Crippen LogP contribution in [0.15, 0.2) is 48.7 Å². The maximum Gasteiger partial charge on any atom is 0.326 e. The summed E-state index contributed by atoms with van der Waals surface area (Å²) in [7, 11) is 0. The van der Waals surface area contributed by atoms with Crippen LogP contribution >= 0.6 is 0 Å². The number of aliphatic carboxylic acids is 1. The van der Waals surface area contributed by atoms with Gasteiger partial charge in [0, 0.05) is 18.8 Å². The van der Waals surface area contributed by atoms with E-state index < -0.39 is 12.0 Å². The van der Waals surface area contributed by atoms with Crippen LogP contribution in [0.3, 0.4) is 0 Å². The first-order valence-corrected chi connectivity index (χ1v) is 8.86. The number of carboxylic acid groups (broad SMARTS) is 1. The molecule has 3 unspecified atom stereocenters. The third-order valence-corrected chi connectivity index (χ3v) is 5.35. The second-order valence-corrected chi connectivity index (χ2v) is 6.90. The summed E-state index contributed by atoms with van der Waals surface area (Å²) in [5.74, 6) is 0.243. The molecule has 2 aromatic rings. The molecule has 1 aliphatic heterocycles. The Morgan fingerprint density at radius 3 is 2.62 bits per heavy atom. The molecule has 6 nitrogen and oxygen atoms in total. The predicted molar refractivity (Wildman–Crippen MR) is 94.0 cm³/mol. The first kappa shape index (κ1) is 16.6. The van der Waals surface area contributed by atoms with Gasteiger partial charge in [0.25, 0.3) is 5.91 Å². The number of likely N-dealkylation sites (tertiary alicyclic amines) is 1. The van der Waals surface area contributed by atoms with Crippen LogP contribution < -0.4 is 4.74 Å². The number of carbonyl (C=O) groups excluding carboxylic acids is 1. The average molecular weight is 352 g/mol. The van der Waals surface area contributed by atoms with E-state index >= 15 is 0 Å². The SMILES string of the molecule is O=C(O)C1C2CCCC2CN1C(=O)c1ccc(Oc2ccccc2)nc1. The van der Waals surface area contributed by atoms with E-state index in [-0.39, 0.29) is 11.8 Å². The van der Waals surface area contributed by atoms with E-state index in [0.29, 0.717) is 29.7 Å². The number of para-hydroxylation sites is 1. The molecule has 3 atom stereocenters. The minimum Gasteiger partial charge on any atom is -0.480 e. The summed E-state index contributed by atoms with van der Waals surface area (Å²) < 4.78 is 5.63. The molecule has 1 saturated heterocycles. The number of fused-ring (bicyclic) bond motifs is 1. The summed E-state index contributed by atoms with van der Waals surface area (Å²) in [5.41, 5.74) is 0.386. The molecule has 1 amide bonds. The first-order chi connectivity index (χ1) is 12.6. The van der Waals surface area contributed by atoms with E-state index in [1.807, 2.05) is 30.3 Å². The zero-order valence-electron chi connectivity index (χ0n) is 14.2. The zero-order chi connectivity index (χ0) is 18.1. The number of ether oxygens (including phenoxy) is 1. The highest BCUT2D eigenvalue weighted by atomic mass is 16.5. The van der Waals surface area contributed by atoms with Crippen molar-refractivity contribution in [3.63, 3.8) is 0 Å². The van der Waals surface area contributed by atoms with Crippen LogP contribution in [0.2, 0.25) is 0 Å². The molecule has 26 heavy (non-hydrogen) atoms. The van der Waals surface area contributed by atoms with Gasteiger partial charge >= 0.3 is 5.97 Å². The minimum absolute atomic E-state index is 0.0742. The molecule has 6 heteroatoms. The van der Waals surface area contributed by atoms with Gasteiger partial charge in [0.2, 0.25) is 5.88 Å². The maximum atomic E-state index is 12.8. The number of benzene rings is 1. The van der Waals surface area contributed by atoms with Crippen molar-refractivity contribution in [1.29, 1.82) is 0 Å². The van der Waals surface area contributed by atoms with Crippen molar-refractivity contribution in [2.45, 2.75) is 25.3 Å². The van der Waals surface area contributed by atoms with Gasteiger partial charge in [-0.1, -0.05) is 24.6 Å². The Hall–Kier alpha value is -2.89. The number of hydrogen-bond acceptors (Lipinski definition) is 4. The van der Waals surface area contributed by atoms with Crippen molar-refractivity contribution in [1.82, 2.24) is 9.88 Å². The van der Waals surface area contributed by atoms with Gasteiger partial charge in [0.15, 0.2) is 0 Å². The highest BCUT2D eigenvalue weighted by Gasteiger charge is 2.49. The van der Waals surface area contributed by atoms with Crippen LogP contribution in [0.1, 0.15) is 29.6 Å². The predicted octanol–water partition coefficient (Wildman–Crippen LogP) is 3.20. The maximum absolute atomic E-state index is 12.8. The summed E-state index contributed by atoms with van der Waals surface area (Å²) in [6, 6.07) is 11.8. The van der Waals surface area contributed by atoms with E-state index in [1.54, 1.807) is 12.1 Å². The van der Waals surface area contributed by atoms with Gasteiger partial charge in [0.1, 0.15) is 11.8 Å². The van der Waals surface area contributed by atoms with E-state index in [1.165, 1.54) is 11.1 Å². The Labute approximate surface area is 151 Å². The smallest absolute Gasteiger partial charge is 0.326 e. The minimum atomic E-state index is -0.912. The third-order valence-electron chi connectivity index (χ3n) is 5.35. The number of rotatable bonds is 4. The normalized spacial score (nSPS) is 24.3. The number of carbonyl (C=O) groups is 2. The van der Waals surface area contributed by atoms with Crippen LogP contribution in [0.5, 0.6) is 11.6 Å². The summed E-state index contributed by atoms with van der Waals surface area (Å²) in [5, 5.41) is 9.61.